The average Bonchev–Trinajstić information content (AvgIpc) is 3.58. The predicted octanol–water partition coefficient (Wildman–Crippen LogP) is 4.90. The number of ketones is 1. The Hall–Kier alpha value is -2.65. The molecule has 0 aromatic rings. The number of carbonyl (C=O) groups excluding carboxylic acids is 5. The van der Waals surface area contributed by atoms with E-state index in [4.69, 9.17) is 14.2 Å². The highest BCUT2D eigenvalue weighted by Crippen LogP contribution is 2.20. The molecule has 2 atom stereocenters. The van der Waals surface area contributed by atoms with Crippen molar-refractivity contribution in [3.63, 3.8) is 0 Å². The molecule has 332 valence electrons. The Morgan fingerprint density at radius 2 is 1.07 bits per heavy atom. The van der Waals surface area contributed by atoms with Crippen LogP contribution in [0.5, 0.6) is 0 Å². The summed E-state index contributed by atoms with van der Waals surface area (Å²) in [6.07, 6.45) is 15.9. The Kier molecular flexibility index (Phi) is 31.5. The van der Waals surface area contributed by atoms with Gasteiger partial charge in [-0.3, -0.25) is 24.0 Å². The molecule has 0 radical (unpaired) electrons. The molecule has 5 N–H and O–H groups in total. The molecule has 1 aliphatic rings. The summed E-state index contributed by atoms with van der Waals surface area (Å²) in [5.74, 6) is -0.241. The summed E-state index contributed by atoms with van der Waals surface area (Å²) < 4.78 is 18.0. The highest BCUT2D eigenvalue weighted by Gasteiger charge is 2.34. The maximum absolute atomic E-state index is 13.4. The normalized spacial score (nSPS) is 15.5. The number of rotatable bonds is 38. The van der Waals surface area contributed by atoms with E-state index < -0.39 is 11.6 Å². The predicted molar refractivity (Wildman–Crippen MR) is 222 cm³/mol. The molecule has 4 amide bonds. The number of Topliss-reactive ketones (excluding diaryl/α,β-unsaturated/α-hetero) is 1. The summed E-state index contributed by atoms with van der Waals surface area (Å²) in [5.41, 5.74) is -1.09. The molecular weight excluding hydrogens is 732 g/mol. The van der Waals surface area contributed by atoms with Crippen molar-refractivity contribution >= 4 is 29.4 Å². The van der Waals surface area contributed by atoms with Gasteiger partial charge in [-0.05, 0) is 38.5 Å². The van der Waals surface area contributed by atoms with Gasteiger partial charge in [-0.25, -0.2) is 0 Å². The van der Waals surface area contributed by atoms with Crippen LogP contribution in [0, 0.1) is 0 Å². The number of aliphatic hydroxyl groups excluding tert-OH is 2. The third-order valence-corrected chi connectivity index (χ3v) is 10.2. The Labute approximate surface area is 343 Å². The topological polar surface area (TPSA) is 193 Å². The van der Waals surface area contributed by atoms with Crippen molar-refractivity contribution in [1.29, 1.82) is 0 Å². The van der Waals surface area contributed by atoms with Gasteiger partial charge >= 0.3 is 0 Å². The van der Waals surface area contributed by atoms with Crippen LogP contribution in [0.2, 0.25) is 0 Å². The molecule has 1 fully saturated rings. The number of hydrogen-bond acceptors (Lipinski definition) is 10. The van der Waals surface area contributed by atoms with Crippen molar-refractivity contribution in [3.05, 3.63) is 0 Å². The number of ether oxygens (including phenoxy) is 3. The second-order valence-corrected chi connectivity index (χ2v) is 15.7. The molecule has 57 heavy (non-hydrogen) atoms. The zero-order valence-corrected chi connectivity index (χ0v) is 35.9. The van der Waals surface area contributed by atoms with E-state index in [1.807, 2.05) is 0 Å². The van der Waals surface area contributed by atoms with E-state index in [0.29, 0.717) is 51.7 Å². The lowest BCUT2D eigenvalue weighted by atomic mass is 10.0. The minimum atomic E-state index is -1.09. The van der Waals surface area contributed by atoms with Gasteiger partial charge in [-0.15, -0.1) is 0 Å². The van der Waals surface area contributed by atoms with Gasteiger partial charge in [0.2, 0.25) is 23.6 Å². The Morgan fingerprint density at radius 1 is 0.596 bits per heavy atom. The van der Waals surface area contributed by atoms with Gasteiger partial charge in [-0.2, -0.15) is 0 Å². The van der Waals surface area contributed by atoms with Crippen molar-refractivity contribution < 1.29 is 48.4 Å². The van der Waals surface area contributed by atoms with E-state index >= 15 is 0 Å². The van der Waals surface area contributed by atoms with Crippen LogP contribution in [-0.2, 0) is 38.2 Å². The van der Waals surface area contributed by atoms with Crippen LogP contribution in [0.1, 0.15) is 162 Å². The van der Waals surface area contributed by atoms with E-state index in [0.717, 1.165) is 89.9 Å². The smallest absolute Gasteiger partial charge is 0.222 e. The molecule has 1 aliphatic heterocycles. The maximum Gasteiger partial charge on any atom is 0.222 e. The number of amides is 4. The van der Waals surface area contributed by atoms with Gasteiger partial charge in [0.25, 0.3) is 0 Å². The number of β-amino-alcohol motifs (C(OH)–C–C–N with tert-alkyl or cyclic N) is 1. The van der Waals surface area contributed by atoms with Crippen LogP contribution < -0.4 is 16.0 Å². The molecule has 0 aliphatic carbocycles. The van der Waals surface area contributed by atoms with Gasteiger partial charge in [-0.1, -0.05) is 85.0 Å². The molecule has 1 heterocycles. The highest BCUT2D eigenvalue weighted by atomic mass is 16.5. The second kappa shape index (κ2) is 34.2. The summed E-state index contributed by atoms with van der Waals surface area (Å²) in [6.45, 7) is 8.22. The van der Waals surface area contributed by atoms with Crippen LogP contribution in [0.15, 0.2) is 0 Å². The van der Waals surface area contributed by atoms with Crippen molar-refractivity contribution in [3.8, 4) is 0 Å². The number of hydrogen-bond donors (Lipinski definition) is 5. The number of aliphatic hydroxyl groups is 2. The molecule has 1 rings (SSSR count). The average molecular weight is 813 g/mol. The number of nitrogens with one attached hydrogen (secondary N) is 3. The maximum atomic E-state index is 13.4. The van der Waals surface area contributed by atoms with Crippen LogP contribution in [0.4, 0.5) is 0 Å². The van der Waals surface area contributed by atoms with Crippen molar-refractivity contribution in [2.75, 3.05) is 65.9 Å². The number of carbonyl (C=O) groups is 5. The summed E-state index contributed by atoms with van der Waals surface area (Å²) >= 11 is 0. The van der Waals surface area contributed by atoms with Gasteiger partial charge in [0.1, 0.15) is 11.3 Å². The van der Waals surface area contributed by atoms with Crippen molar-refractivity contribution in [1.82, 2.24) is 20.9 Å². The molecule has 0 bridgehead atoms. The first-order valence-electron chi connectivity index (χ1n) is 22.3. The molecule has 0 unspecified atom stereocenters. The Balaban J connectivity index is 2.68. The third kappa shape index (κ3) is 26.9. The first kappa shape index (κ1) is 52.4. The van der Waals surface area contributed by atoms with E-state index in [-0.39, 0.29) is 101 Å². The number of unbranched alkanes of at least 4 members (excludes halogenated alkanes) is 11. The number of likely N-dealkylation sites (tertiary alicyclic amines) is 1. The zero-order valence-electron chi connectivity index (χ0n) is 35.9. The summed E-state index contributed by atoms with van der Waals surface area (Å²) in [6, 6.07) is -0.276. The van der Waals surface area contributed by atoms with Crippen molar-refractivity contribution in [2.45, 2.75) is 180 Å². The molecule has 0 aromatic heterocycles. The number of nitrogens with zero attached hydrogens (tertiary/aromatic N) is 1. The van der Waals surface area contributed by atoms with Gasteiger partial charge < -0.3 is 45.3 Å². The standard InChI is InChI=1S/C43H80N4O10/c1-4-7-16-19-37(49)22-27-55-33-43(34-56-28-23-39(51)44-25-8-5-2,35-57-29-24-40(52)45-26-9-6-3)46-41(53)20-17-14-12-10-11-13-15-18-21-42(54)47-31-38(50)30-36(47)32-48/h36,38,48,50H,4-35H2,1-3H3,(H,44,51)(H,45,52)(H,46,53)/t36-,38+/m0/s1. The highest BCUT2D eigenvalue weighted by molar-refractivity contribution is 5.79. The molecule has 0 spiro atoms. The van der Waals surface area contributed by atoms with Gasteiger partial charge in [0.05, 0.1) is 58.4 Å². The third-order valence-electron chi connectivity index (χ3n) is 10.2. The van der Waals surface area contributed by atoms with Crippen LogP contribution in [0.3, 0.4) is 0 Å². The SMILES string of the molecule is CCCCCC(=O)CCOCC(COCCC(=O)NCCCC)(COCCC(=O)NCCCC)NC(=O)CCCCCCCCCCC(=O)N1C[C@H](O)C[C@H]1CO. The first-order valence-corrected chi connectivity index (χ1v) is 22.3. The lowest BCUT2D eigenvalue weighted by Crippen LogP contribution is -2.58. The van der Waals surface area contributed by atoms with E-state index in [9.17, 15) is 34.2 Å². The van der Waals surface area contributed by atoms with Crippen molar-refractivity contribution in [2.24, 2.45) is 0 Å². The summed E-state index contributed by atoms with van der Waals surface area (Å²) in [7, 11) is 0. The summed E-state index contributed by atoms with van der Waals surface area (Å²) in [4.78, 5) is 64.6. The lowest BCUT2D eigenvalue weighted by Gasteiger charge is -2.34. The molecular formula is C43H80N4O10. The molecule has 1 saturated heterocycles. The molecule has 14 heteroatoms. The molecule has 14 nitrogen and oxygen atoms in total. The quantitative estimate of drug-likeness (QED) is 0.0536. The second-order valence-electron chi connectivity index (χ2n) is 15.7. The van der Waals surface area contributed by atoms with Gasteiger partial charge in [0, 0.05) is 58.2 Å². The minimum absolute atomic E-state index is 0.000835. The van der Waals surface area contributed by atoms with Crippen LogP contribution in [-0.4, -0.2) is 128 Å². The lowest BCUT2D eigenvalue weighted by molar-refractivity contribution is -0.133. The minimum Gasteiger partial charge on any atom is -0.394 e. The molecule has 0 saturated carbocycles. The largest absolute Gasteiger partial charge is 0.394 e. The van der Waals surface area contributed by atoms with Crippen LogP contribution in [0.25, 0.3) is 0 Å². The summed E-state index contributed by atoms with van der Waals surface area (Å²) in [5, 5.41) is 28.2. The fourth-order valence-electron chi connectivity index (χ4n) is 6.73. The monoisotopic (exact) mass is 813 g/mol. The van der Waals surface area contributed by atoms with E-state index in [2.05, 4.69) is 36.7 Å². The fourth-order valence-corrected chi connectivity index (χ4v) is 6.73. The fraction of sp³-hybridized carbons (Fsp3) is 0.884. The van der Waals surface area contributed by atoms with Gasteiger partial charge in [0.15, 0.2) is 0 Å². The van der Waals surface area contributed by atoms with E-state index in [1.54, 1.807) is 4.90 Å². The van der Waals surface area contributed by atoms with E-state index in [1.165, 1.54) is 0 Å². The zero-order chi connectivity index (χ0) is 42.0. The Bertz CT molecular complexity index is 1020. The van der Waals surface area contributed by atoms with Crippen LogP contribution >= 0.6 is 0 Å². The Morgan fingerprint density at radius 3 is 1.58 bits per heavy atom. The molecule has 0 aromatic carbocycles. The first-order chi connectivity index (χ1) is 27.6.